The number of carbonyl (C=O) groups excluding carboxylic acids is 2. The van der Waals surface area contributed by atoms with Gasteiger partial charge in [0.15, 0.2) is 11.8 Å². The number of hydrogen-bond donors (Lipinski definition) is 2. The second-order valence-electron chi connectivity index (χ2n) is 6.27. The van der Waals surface area contributed by atoms with Crippen molar-refractivity contribution in [2.75, 3.05) is 11.9 Å². The molecule has 156 valence electrons. The van der Waals surface area contributed by atoms with Gasteiger partial charge in [-0.2, -0.15) is 4.72 Å². The fraction of sp³-hybridized carbons (Fsp3) is 0.278. The van der Waals surface area contributed by atoms with Gasteiger partial charge in [0.1, 0.15) is 16.8 Å². The van der Waals surface area contributed by atoms with Crippen molar-refractivity contribution in [3.63, 3.8) is 0 Å². The molecule has 11 heteroatoms. The molecule has 2 rings (SSSR count). The maximum absolute atomic E-state index is 13.8. The molecule has 0 aliphatic rings. The summed E-state index contributed by atoms with van der Waals surface area (Å²) < 4.78 is 45.7. The van der Waals surface area contributed by atoms with Crippen molar-refractivity contribution in [1.29, 1.82) is 0 Å². The molecule has 0 aliphatic heterocycles. The van der Waals surface area contributed by atoms with Crippen molar-refractivity contribution in [3.05, 3.63) is 53.6 Å². The van der Waals surface area contributed by atoms with Gasteiger partial charge in [-0.15, -0.1) is 0 Å². The van der Waals surface area contributed by atoms with Crippen LogP contribution in [0, 0.1) is 11.7 Å². The van der Waals surface area contributed by atoms with Crippen molar-refractivity contribution < 1.29 is 27.1 Å². The molecule has 0 radical (unpaired) electrons. The van der Waals surface area contributed by atoms with Gasteiger partial charge in [0.25, 0.3) is 5.91 Å². The first-order chi connectivity index (χ1) is 13.6. The van der Waals surface area contributed by atoms with Gasteiger partial charge in [0.2, 0.25) is 10.0 Å². The summed E-state index contributed by atoms with van der Waals surface area (Å²) in [6.07, 6.45) is 1.44. The summed E-state index contributed by atoms with van der Waals surface area (Å²) in [5, 5.41) is 2.48. The highest BCUT2D eigenvalue weighted by Gasteiger charge is 2.31. The molecule has 0 aliphatic carbocycles. The summed E-state index contributed by atoms with van der Waals surface area (Å²) in [4.78, 5) is 27.5. The second kappa shape index (κ2) is 9.77. The van der Waals surface area contributed by atoms with E-state index in [1.807, 2.05) is 0 Å². The Morgan fingerprint density at radius 1 is 1.21 bits per heavy atom. The van der Waals surface area contributed by atoms with E-state index in [-0.39, 0.29) is 10.8 Å². The molecule has 0 bridgehead atoms. The lowest BCUT2D eigenvalue weighted by Gasteiger charge is -2.21. The minimum absolute atomic E-state index is 0.0601. The van der Waals surface area contributed by atoms with Gasteiger partial charge in [-0.05, 0) is 30.2 Å². The fourth-order valence-corrected chi connectivity index (χ4v) is 3.82. The first-order valence-corrected chi connectivity index (χ1v) is 10.3. The molecule has 0 fully saturated rings. The molecule has 0 saturated carbocycles. The number of sulfonamides is 1. The number of rotatable bonds is 8. The Morgan fingerprint density at radius 2 is 1.90 bits per heavy atom. The molecule has 0 spiro atoms. The third kappa shape index (κ3) is 6.21. The lowest BCUT2D eigenvalue weighted by atomic mass is 10.1. The number of nitrogens with one attached hydrogen (secondary N) is 2. The van der Waals surface area contributed by atoms with Gasteiger partial charge >= 0.3 is 5.97 Å². The monoisotopic (exact) mass is 443 g/mol. The van der Waals surface area contributed by atoms with E-state index in [4.69, 9.17) is 16.3 Å². The zero-order valence-electron chi connectivity index (χ0n) is 15.6. The van der Waals surface area contributed by atoms with Gasteiger partial charge in [-0.3, -0.25) is 9.59 Å². The van der Waals surface area contributed by atoms with E-state index in [1.165, 1.54) is 24.4 Å². The SMILES string of the molecule is CC(C)[C@H](NS(=O)(=O)c1ccccc1F)C(=O)OCC(=O)Nc1cccnc1Cl. The van der Waals surface area contributed by atoms with Crippen molar-refractivity contribution in [2.45, 2.75) is 24.8 Å². The van der Waals surface area contributed by atoms with Crippen LogP contribution < -0.4 is 10.0 Å². The summed E-state index contributed by atoms with van der Waals surface area (Å²) in [5.41, 5.74) is 0.232. The van der Waals surface area contributed by atoms with E-state index >= 15 is 0 Å². The highest BCUT2D eigenvalue weighted by atomic mass is 35.5. The molecule has 1 heterocycles. The molecule has 2 aromatic rings. The van der Waals surface area contributed by atoms with Crippen LogP contribution in [-0.4, -0.2) is 37.9 Å². The zero-order valence-corrected chi connectivity index (χ0v) is 17.1. The molecule has 0 unspecified atom stereocenters. The normalized spacial score (nSPS) is 12.4. The molecular weight excluding hydrogens is 425 g/mol. The average Bonchev–Trinajstić information content (AvgIpc) is 2.66. The summed E-state index contributed by atoms with van der Waals surface area (Å²) in [7, 11) is -4.33. The number of amides is 1. The minimum atomic E-state index is -4.33. The van der Waals surface area contributed by atoms with Crippen molar-refractivity contribution >= 4 is 39.2 Å². The number of nitrogens with zero attached hydrogens (tertiary/aromatic N) is 1. The summed E-state index contributed by atoms with van der Waals surface area (Å²) >= 11 is 5.83. The second-order valence-corrected chi connectivity index (χ2v) is 8.31. The third-order valence-corrected chi connectivity index (χ3v) is 5.48. The number of aromatic nitrogens is 1. The van der Waals surface area contributed by atoms with Crippen LogP contribution in [0.4, 0.5) is 10.1 Å². The average molecular weight is 444 g/mol. The fourth-order valence-electron chi connectivity index (χ4n) is 2.24. The Labute approximate surface area is 172 Å². The molecule has 0 saturated heterocycles. The Bertz CT molecular complexity index is 1000. The smallest absolute Gasteiger partial charge is 0.324 e. The van der Waals surface area contributed by atoms with Crippen LogP contribution in [0.1, 0.15) is 13.8 Å². The Hall–Kier alpha value is -2.56. The van der Waals surface area contributed by atoms with Crippen LogP contribution in [0.2, 0.25) is 5.15 Å². The van der Waals surface area contributed by atoms with Gasteiger partial charge in [0.05, 0.1) is 5.69 Å². The quantitative estimate of drug-likeness (QED) is 0.478. The van der Waals surface area contributed by atoms with E-state index < -0.39 is 51.2 Å². The topological polar surface area (TPSA) is 114 Å². The zero-order chi connectivity index (χ0) is 21.6. The number of halogens is 2. The summed E-state index contributed by atoms with van der Waals surface area (Å²) in [6, 6.07) is 6.50. The summed E-state index contributed by atoms with van der Waals surface area (Å²) in [5.74, 6) is -3.15. The Kier molecular flexibility index (Phi) is 7.66. The summed E-state index contributed by atoms with van der Waals surface area (Å²) in [6.45, 7) is 2.48. The molecule has 1 amide bonds. The van der Waals surface area contributed by atoms with Gasteiger partial charge < -0.3 is 10.1 Å². The predicted molar refractivity (Wildman–Crippen MR) is 104 cm³/mol. The number of esters is 1. The molecule has 1 aromatic heterocycles. The molecule has 1 aromatic carbocycles. The minimum Gasteiger partial charge on any atom is -0.454 e. The standard InChI is InChI=1S/C18H19ClFN3O5S/c1-11(2)16(23-29(26,27)14-8-4-3-6-12(14)20)18(25)28-10-15(24)22-13-7-5-9-21-17(13)19/h3-9,11,16,23H,10H2,1-2H3,(H,22,24)/t16-/m0/s1. The molecule has 29 heavy (non-hydrogen) atoms. The van der Waals surface area contributed by atoms with Crippen LogP contribution >= 0.6 is 11.6 Å². The first-order valence-electron chi connectivity index (χ1n) is 8.45. The lowest BCUT2D eigenvalue weighted by Crippen LogP contribution is -2.46. The van der Waals surface area contributed by atoms with Crippen molar-refractivity contribution in [3.8, 4) is 0 Å². The number of ether oxygens (including phenoxy) is 1. The molecule has 8 nitrogen and oxygen atoms in total. The van der Waals surface area contributed by atoms with Gasteiger partial charge in [-0.1, -0.05) is 37.6 Å². The van der Waals surface area contributed by atoms with Gasteiger partial charge in [-0.25, -0.2) is 17.8 Å². The Morgan fingerprint density at radius 3 is 2.52 bits per heavy atom. The van der Waals surface area contributed by atoms with E-state index in [9.17, 15) is 22.4 Å². The number of hydrogen-bond acceptors (Lipinski definition) is 6. The molecule has 1 atom stereocenters. The molecular formula is C18H19ClFN3O5S. The van der Waals surface area contributed by atoms with Crippen LogP contribution in [0.25, 0.3) is 0 Å². The number of carbonyl (C=O) groups is 2. The van der Waals surface area contributed by atoms with E-state index in [0.29, 0.717) is 0 Å². The maximum atomic E-state index is 13.8. The van der Waals surface area contributed by atoms with E-state index in [1.54, 1.807) is 19.9 Å². The Balaban J connectivity index is 2.03. The van der Waals surface area contributed by atoms with Crippen LogP contribution in [0.5, 0.6) is 0 Å². The number of benzene rings is 1. The van der Waals surface area contributed by atoms with Crippen LogP contribution in [0.15, 0.2) is 47.5 Å². The predicted octanol–water partition coefficient (Wildman–Crippen LogP) is 2.36. The van der Waals surface area contributed by atoms with E-state index in [2.05, 4.69) is 15.0 Å². The number of anilines is 1. The molecule has 2 N–H and O–H groups in total. The highest BCUT2D eigenvalue weighted by molar-refractivity contribution is 7.89. The first kappa shape index (κ1) is 22.7. The number of pyridine rings is 1. The highest BCUT2D eigenvalue weighted by Crippen LogP contribution is 2.18. The van der Waals surface area contributed by atoms with Crippen molar-refractivity contribution in [1.82, 2.24) is 9.71 Å². The van der Waals surface area contributed by atoms with Gasteiger partial charge in [0, 0.05) is 6.20 Å². The van der Waals surface area contributed by atoms with Crippen molar-refractivity contribution in [2.24, 2.45) is 5.92 Å². The maximum Gasteiger partial charge on any atom is 0.324 e. The van der Waals surface area contributed by atoms with Crippen LogP contribution in [-0.2, 0) is 24.3 Å². The van der Waals surface area contributed by atoms with E-state index in [0.717, 1.165) is 12.1 Å². The largest absolute Gasteiger partial charge is 0.454 e. The third-order valence-electron chi connectivity index (χ3n) is 3.71. The van der Waals surface area contributed by atoms with Crippen LogP contribution in [0.3, 0.4) is 0 Å². The lowest BCUT2D eigenvalue weighted by molar-refractivity contribution is -0.150.